The van der Waals surface area contributed by atoms with Crippen molar-refractivity contribution in [2.24, 2.45) is 9.98 Å². The lowest BCUT2D eigenvalue weighted by Gasteiger charge is -2.41. The topological polar surface area (TPSA) is 44.1 Å². The zero-order chi connectivity index (χ0) is 22.0. The predicted octanol–water partition coefficient (Wildman–Crippen LogP) is 5.32. The largest absolute Gasteiger partial charge is 0.351 e. The highest BCUT2D eigenvalue weighted by molar-refractivity contribution is 6.66. The van der Waals surface area contributed by atoms with Crippen molar-refractivity contribution < 1.29 is 8.78 Å². The van der Waals surface area contributed by atoms with E-state index in [-0.39, 0.29) is 22.2 Å². The normalized spacial score (nSPS) is 22.4. The minimum Gasteiger partial charge on any atom is -0.351 e. The van der Waals surface area contributed by atoms with Gasteiger partial charge in [0, 0.05) is 44.7 Å². The Morgan fingerprint density at radius 1 is 1.06 bits per heavy atom. The fourth-order valence-electron chi connectivity index (χ4n) is 3.81. The number of pyridine rings is 1. The number of rotatable bonds is 3. The van der Waals surface area contributed by atoms with Crippen molar-refractivity contribution in [3.05, 3.63) is 70.7 Å². The molecule has 1 aliphatic carbocycles. The van der Waals surface area contributed by atoms with Crippen molar-refractivity contribution in [1.29, 1.82) is 0 Å². The van der Waals surface area contributed by atoms with Gasteiger partial charge in [0.05, 0.1) is 10.7 Å². The third-order valence-corrected chi connectivity index (χ3v) is 5.88. The van der Waals surface area contributed by atoms with Gasteiger partial charge in [0.15, 0.2) is 11.6 Å². The van der Waals surface area contributed by atoms with Gasteiger partial charge < -0.3 is 9.80 Å². The maximum Gasteiger partial charge on any atom is 0.224 e. The minimum atomic E-state index is -0.450. The highest BCUT2D eigenvalue weighted by atomic mass is 35.5. The summed E-state index contributed by atoms with van der Waals surface area (Å²) in [6.45, 7) is 3.90. The number of halogens is 4. The minimum absolute atomic E-state index is 0.0604. The molecule has 3 aliphatic rings. The Labute approximate surface area is 189 Å². The van der Waals surface area contributed by atoms with Crippen molar-refractivity contribution >= 4 is 40.0 Å². The Bertz CT molecular complexity index is 1060. The van der Waals surface area contributed by atoms with Gasteiger partial charge in [-0.25, -0.2) is 23.7 Å². The van der Waals surface area contributed by atoms with E-state index in [0.29, 0.717) is 44.0 Å². The first-order valence-corrected chi connectivity index (χ1v) is 10.7. The summed E-state index contributed by atoms with van der Waals surface area (Å²) < 4.78 is 27.9. The molecule has 3 heterocycles. The van der Waals surface area contributed by atoms with Crippen LogP contribution in [0, 0.1) is 5.82 Å². The summed E-state index contributed by atoms with van der Waals surface area (Å²) in [5.41, 5.74) is 1.46. The molecule has 1 atom stereocenters. The molecule has 0 spiro atoms. The molecule has 0 saturated carbocycles. The van der Waals surface area contributed by atoms with Crippen LogP contribution in [0.5, 0.6) is 0 Å². The van der Waals surface area contributed by atoms with Gasteiger partial charge in [-0.2, -0.15) is 0 Å². The lowest BCUT2D eigenvalue weighted by Crippen LogP contribution is -2.51. The van der Waals surface area contributed by atoms with Gasteiger partial charge in [0.2, 0.25) is 5.29 Å². The molecule has 9 heteroatoms. The van der Waals surface area contributed by atoms with E-state index in [0.717, 1.165) is 11.4 Å². The Kier molecular flexibility index (Phi) is 6.53. The number of hydrogen-bond acceptors (Lipinski definition) is 5. The quantitative estimate of drug-likeness (QED) is 0.569. The maximum atomic E-state index is 14.1. The van der Waals surface area contributed by atoms with Gasteiger partial charge in [-0.3, -0.25) is 0 Å². The number of amidine groups is 1. The van der Waals surface area contributed by atoms with Crippen LogP contribution in [0.25, 0.3) is 0 Å². The second-order valence-electron chi connectivity index (χ2n) is 7.45. The van der Waals surface area contributed by atoms with E-state index in [1.807, 2.05) is 17.1 Å². The molecule has 0 aromatic carbocycles. The summed E-state index contributed by atoms with van der Waals surface area (Å²) in [5.74, 6) is 0.307. The molecule has 5 nitrogen and oxygen atoms in total. The Balaban J connectivity index is 1.49. The fraction of sp³-hybridized carbons (Fsp3) is 0.318. The second-order valence-corrected chi connectivity index (χ2v) is 8.25. The van der Waals surface area contributed by atoms with Crippen LogP contribution in [0.3, 0.4) is 0 Å². The Morgan fingerprint density at radius 3 is 2.68 bits per heavy atom. The number of nitrogens with zero attached hydrogens (tertiary/aromatic N) is 5. The first-order chi connectivity index (χ1) is 14.9. The molecule has 0 radical (unpaired) electrons. The SMILES string of the molecule is CC1CN(c2ncccc2F)CCN1C1=CCC(C2=CCC(Cl)=C(F)C=C2)=NC(Cl)=N1. The van der Waals surface area contributed by atoms with Crippen molar-refractivity contribution in [3.63, 3.8) is 0 Å². The molecule has 0 N–H and O–H groups in total. The molecule has 31 heavy (non-hydrogen) atoms. The monoisotopic (exact) mass is 463 g/mol. The summed E-state index contributed by atoms with van der Waals surface area (Å²) >= 11 is 12.2. The summed E-state index contributed by atoms with van der Waals surface area (Å²) in [6.07, 6.45) is 9.16. The van der Waals surface area contributed by atoms with E-state index in [1.165, 1.54) is 12.1 Å². The smallest absolute Gasteiger partial charge is 0.224 e. The summed E-state index contributed by atoms with van der Waals surface area (Å²) in [6, 6.07) is 3.06. The highest BCUT2D eigenvalue weighted by Gasteiger charge is 2.28. The van der Waals surface area contributed by atoms with Crippen molar-refractivity contribution in [3.8, 4) is 0 Å². The van der Waals surface area contributed by atoms with Crippen LogP contribution in [0.4, 0.5) is 14.6 Å². The molecule has 4 rings (SSSR count). The molecular formula is C22H21Cl2F2N5. The van der Waals surface area contributed by atoms with E-state index in [1.54, 1.807) is 18.3 Å². The number of aromatic nitrogens is 1. The molecule has 1 unspecified atom stereocenters. The number of anilines is 1. The summed E-state index contributed by atoms with van der Waals surface area (Å²) in [4.78, 5) is 17.1. The molecular weight excluding hydrogens is 443 g/mol. The lowest BCUT2D eigenvalue weighted by molar-refractivity contribution is 0.239. The number of allylic oxidation sites excluding steroid dienone is 7. The van der Waals surface area contributed by atoms with Crippen LogP contribution < -0.4 is 4.90 Å². The Morgan fingerprint density at radius 2 is 1.90 bits per heavy atom. The van der Waals surface area contributed by atoms with Crippen molar-refractivity contribution in [1.82, 2.24) is 9.88 Å². The lowest BCUT2D eigenvalue weighted by atomic mass is 10.1. The third kappa shape index (κ3) is 4.88. The Hall–Kier alpha value is -2.51. The third-order valence-electron chi connectivity index (χ3n) is 5.38. The van der Waals surface area contributed by atoms with Gasteiger partial charge in [-0.05, 0) is 48.4 Å². The zero-order valence-electron chi connectivity index (χ0n) is 16.9. The standard InChI is InChI=1S/C22H21Cl2F2N5/c1-14-13-30(21-18(26)3-2-10-27-21)11-12-31(14)20-9-8-19(28-22(24)29-20)15-4-6-16(23)17(25)7-5-15/h2-5,7,9-10,14H,6,8,11-13H2,1H3. The number of hydrogen-bond donors (Lipinski definition) is 0. The van der Waals surface area contributed by atoms with Gasteiger partial charge in [0.25, 0.3) is 0 Å². The molecule has 2 aliphatic heterocycles. The second kappa shape index (κ2) is 9.32. The van der Waals surface area contributed by atoms with E-state index in [2.05, 4.69) is 26.8 Å². The van der Waals surface area contributed by atoms with Crippen LogP contribution in [-0.2, 0) is 0 Å². The fourth-order valence-corrected chi connectivity index (χ4v) is 4.14. The van der Waals surface area contributed by atoms with E-state index < -0.39 is 5.83 Å². The highest BCUT2D eigenvalue weighted by Crippen LogP contribution is 2.27. The van der Waals surface area contributed by atoms with E-state index >= 15 is 0 Å². The maximum absolute atomic E-state index is 14.1. The first-order valence-electron chi connectivity index (χ1n) is 9.99. The zero-order valence-corrected chi connectivity index (χ0v) is 18.4. The molecule has 0 bridgehead atoms. The van der Waals surface area contributed by atoms with Gasteiger partial charge in [0.1, 0.15) is 11.6 Å². The summed E-state index contributed by atoms with van der Waals surface area (Å²) in [7, 11) is 0. The van der Waals surface area contributed by atoms with Crippen molar-refractivity contribution in [2.45, 2.75) is 25.8 Å². The molecule has 1 aromatic rings. The van der Waals surface area contributed by atoms with Crippen LogP contribution in [0.2, 0.25) is 0 Å². The molecule has 162 valence electrons. The average molecular weight is 464 g/mol. The van der Waals surface area contributed by atoms with Gasteiger partial charge in [-0.1, -0.05) is 23.8 Å². The van der Waals surface area contributed by atoms with Crippen LogP contribution in [-0.4, -0.2) is 46.6 Å². The van der Waals surface area contributed by atoms with Gasteiger partial charge in [-0.15, -0.1) is 0 Å². The first kappa shape index (κ1) is 21.7. The predicted molar refractivity (Wildman–Crippen MR) is 122 cm³/mol. The average Bonchev–Trinajstić information content (AvgIpc) is 3.04. The van der Waals surface area contributed by atoms with Crippen LogP contribution >= 0.6 is 23.2 Å². The van der Waals surface area contributed by atoms with E-state index in [4.69, 9.17) is 23.2 Å². The number of aliphatic imine (C=N–C) groups is 2. The van der Waals surface area contributed by atoms with Crippen molar-refractivity contribution in [2.75, 3.05) is 24.5 Å². The van der Waals surface area contributed by atoms with Crippen LogP contribution in [0.1, 0.15) is 19.8 Å². The van der Waals surface area contributed by atoms with E-state index in [9.17, 15) is 8.78 Å². The van der Waals surface area contributed by atoms with Gasteiger partial charge >= 0.3 is 0 Å². The molecule has 1 fully saturated rings. The molecule has 1 aromatic heterocycles. The summed E-state index contributed by atoms with van der Waals surface area (Å²) in [5, 5.41) is 0.273. The number of piperazine rings is 1. The molecule has 1 saturated heterocycles. The van der Waals surface area contributed by atoms with Crippen LogP contribution in [0.15, 0.2) is 74.9 Å². The molecule has 0 amide bonds.